The minimum atomic E-state index is -0.689. The number of halogens is 1. The first-order valence-corrected chi connectivity index (χ1v) is 13.3. The Hall–Kier alpha value is -4.04. The maximum absolute atomic E-state index is 13.5. The number of anilines is 3. The highest BCUT2D eigenvalue weighted by Gasteiger charge is 2.23. The van der Waals surface area contributed by atoms with Crippen LogP contribution in [0.15, 0.2) is 72.8 Å². The fourth-order valence-electron chi connectivity index (χ4n) is 4.33. The fourth-order valence-corrected chi connectivity index (χ4v) is 4.61. The molecular weight excluding hydrogens is 514 g/mol. The Morgan fingerprint density at radius 2 is 1.79 bits per heavy atom. The second kappa shape index (κ2) is 12.2. The highest BCUT2D eigenvalue weighted by Crippen LogP contribution is 2.32. The van der Waals surface area contributed by atoms with E-state index in [9.17, 15) is 9.59 Å². The number of carbonyl (C=O) groups is 2. The monoisotopic (exact) mass is 547 g/mol. The van der Waals surface area contributed by atoms with Gasteiger partial charge >= 0.3 is 6.09 Å². The number of ether oxygens (including phenoxy) is 1. The molecule has 204 valence electrons. The third kappa shape index (κ3) is 7.74. The van der Waals surface area contributed by atoms with Crippen LogP contribution in [0.4, 0.5) is 21.9 Å². The number of amidine groups is 1. The predicted molar refractivity (Wildman–Crippen MR) is 157 cm³/mol. The molecule has 1 unspecified atom stereocenters. The molecule has 2 amide bonds. The van der Waals surface area contributed by atoms with Crippen LogP contribution in [-0.4, -0.2) is 30.0 Å². The molecule has 0 saturated carbocycles. The lowest BCUT2D eigenvalue weighted by Crippen LogP contribution is -2.32. The van der Waals surface area contributed by atoms with E-state index < -0.39 is 17.7 Å². The first-order chi connectivity index (χ1) is 18.6. The van der Waals surface area contributed by atoms with Gasteiger partial charge in [-0.3, -0.25) is 10.2 Å². The van der Waals surface area contributed by atoms with Gasteiger partial charge in [-0.15, -0.1) is 0 Å². The van der Waals surface area contributed by atoms with E-state index in [-0.39, 0.29) is 12.5 Å². The van der Waals surface area contributed by atoms with Gasteiger partial charge < -0.3 is 25.6 Å². The lowest BCUT2D eigenvalue weighted by atomic mass is 10.0. The largest absolute Gasteiger partial charge is 0.444 e. The van der Waals surface area contributed by atoms with E-state index in [0.717, 1.165) is 41.9 Å². The third-order valence-electron chi connectivity index (χ3n) is 6.10. The maximum Gasteiger partial charge on any atom is 0.407 e. The first kappa shape index (κ1) is 28.0. The summed E-state index contributed by atoms with van der Waals surface area (Å²) < 4.78 is 5.31. The molecule has 1 aliphatic rings. The lowest BCUT2D eigenvalue weighted by Gasteiger charge is -2.22. The Morgan fingerprint density at radius 1 is 1.03 bits per heavy atom. The molecule has 39 heavy (non-hydrogen) atoms. The average Bonchev–Trinajstić information content (AvgIpc) is 3.31. The molecule has 0 aromatic heterocycles. The molecule has 1 aliphatic heterocycles. The Balaban J connectivity index is 1.48. The van der Waals surface area contributed by atoms with Crippen molar-refractivity contribution in [3.63, 3.8) is 0 Å². The van der Waals surface area contributed by atoms with E-state index in [2.05, 4.69) is 16.0 Å². The summed E-state index contributed by atoms with van der Waals surface area (Å²) in [6.07, 6.45) is 1.17. The van der Waals surface area contributed by atoms with Crippen molar-refractivity contribution >= 4 is 46.5 Å². The molecule has 4 rings (SSSR count). The van der Waals surface area contributed by atoms with Gasteiger partial charge in [0.25, 0.3) is 5.91 Å². The zero-order valence-electron chi connectivity index (χ0n) is 22.4. The van der Waals surface area contributed by atoms with Gasteiger partial charge in [-0.1, -0.05) is 54.1 Å². The molecule has 0 bridgehead atoms. The first-order valence-electron chi connectivity index (χ1n) is 12.9. The molecule has 0 aliphatic carbocycles. The van der Waals surface area contributed by atoms with Crippen LogP contribution < -0.4 is 20.9 Å². The summed E-state index contributed by atoms with van der Waals surface area (Å²) in [5.41, 5.74) is 3.13. The van der Waals surface area contributed by atoms with Crippen LogP contribution in [0, 0.1) is 5.41 Å². The second-order valence-electron chi connectivity index (χ2n) is 10.4. The molecule has 3 aromatic carbocycles. The van der Waals surface area contributed by atoms with Crippen molar-refractivity contribution < 1.29 is 14.3 Å². The van der Waals surface area contributed by atoms with Crippen LogP contribution in [0.5, 0.6) is 0 Å². The fraction of sp³-hybridized carbons (Fsp3) is 0.300. The van der Waals surface area contributed by atoms with Crippen molar-refractivity contribution in [1.82, 2.24) is 5.32 Å². The van der Waals surface area contributed by atoms with Gasteiger partial charge in [0.05, 0.1) is 10.7 Å². The number of nitrogens with zero attached hydrogens (tertiary/aromatic N) is 1. The summed E-state index contributed by atoms with van der Waals surface area (Å²) in [6, 6.07) is 21.6. The summed E-state index contributed by atoms with van der Waals surface area (Å²) in [6.45, 7) is 6.48. The maximum atomic E-state index is 13.5. The van der Waals surface area contributed by atoms with Gasteiger partial charge in [0.2, 0.25) is 0 Å². The number of hydrogen-bond acceptors (Lipinski definition) is 5. The van der Waals surface area contributed by atoms with Crippen LogP contribution in [0.25, 0.3) is 0 Å². The average molecular weight is 548 g/mol. The smallest absolute Gasteiger partial charge is 0.407 e. The minimum absolute atomic E-state index is 0.254. The SMILES string of the molecule is CC(C)(C)OC(=O)NCc1cccc(NC(C(=O)Nc2ccc(N3CCCC3=N)c(Cl)c2)c2ccccc2)c1. The lowest BCUT2D eigenvalue weighted by molar-refractivity contribution is -0.117. The van der Waals surface area contributed by atoms with E-state index in [1.807, 2.05) is 86.3 Å². The van der Waals surface area contributed by atoms with E-state index in [1.54, 1.807) is 12.1 Å². The normalized spacial score (nSPS) is 14.1. The van der Waals surface area contributed by atoms with Crippen molar-refractivity contribution in [2.45, 2.75) is 51.8 Å². The van der Waals surface area contributed by atoms with Gasteiger partial charge in [-0.2, -0.15) is 0 Å². The quantitative estimate of drug-likeness (QED) is 0.250. The molecule has 9 heteroatoms. The zero-order chi connectivity index (χ0) is 28.0. The number of rotatable bonds is 8. The number of carbonyl (C=O) groups excluding carboxylic acids is 2. The Labute approximate surface area is 234 Å². The minimum Gasteiger partial charge on any atom is -0.444 e. The molecule has 1 atom stereocenters. The molecular formula is C30H34ClN5O3. The van der Waals surface area contributed by atoms with Crippen LogP contribution in [-0.2, 0) is 16.1 Å². The van der Waals surface area contributed by atoms with Crippen LogP contribution in [0.2, 0.25) is 5.02 Å². The van der Waals surface area contributed by atoms with E-state index in [0.29, 0.717) is 16.5 Å². The van der Waals surface area contributed by atoms with Gasteiger partial charge in [-0.05, 0) is 68.7 Å². The van der Waals surface area contributed by atoms with Crippen LogP contribution in [0.3, 0.4) is 0 Å². The van der Waals surface area contributed by atoms with Gasteiger partial charge in [0, 0.05) is 30.9 Å². The molecule has 4 N–H and O–H groups in total. The molecule has 1 heterocycles. The van der Waals surface area contributed by atoms with Gasteiger partial charge in [0.1, 0.15) is 17.5 Å². The van der Waals surface area contributed by atoms with Crippen molar-refractivity contribution in [2.24, 2.45) is 0 Å². The molecule has 0 radical (unpaired) electrons. The number of amides is 2. The summed E-state index contributed by atoms with van der Waals surface area (Å²) in [7, 11) is 0. The molecule has 8 nitrogen and oxygen atoms in total. The zero-order valence-corrected chi connectivity index (χ0v) is 23.1. The highest BCUT2D eigenvalue weighted by molar-refractivity contribution is 6.34. The number of alkyl carbamates (subject to hydrolysis) is 1. The number of benzene rings is 3. The van der Waals surface area contributed by atoms with E-state index >= 15 is 0 Å². The Morgan fingerprint density at radius 3 is 2.46 bits per heavy atom. The van der Waals surface area contributed by atoms with Crippen LogP contribution in [0.1, 0.15) is 50.8 Å². The number of nitrogens with one attached hydrogen (secondary N) is 4. The Kier molecular flexibility index (Phi) is 8.76. The molecule has 0 spiro atoms. The summed E-state index contributed by atoms with van der Waals surface area (Å²) in [5, 5.41) is 17.7. The van der Waals surface area contributed by atoms with Crippen molar-refractivity contribution in [1.29, 1.82) is 5.41 Å². The third-order valence-corrected chi connectivity index (χ3v) is 6.40. The second-order valence-corrected chi connectivity index (χ2v) is 10.8. The van der Waals surface area contributed by atoms with Crippen molar-refractivity contribution in [3.8, 4) is 0 Å². The molecule has 1 saturated heterocycles. The highest BCUT2D eigenvalue weighted by atomic mass is 35.5. The number of hydrogen-bond donors (Lipinski definition) is 4. The van der Waals surface area contributed by atoms with Gasteiger partial charge in [0.15, 0.2) is 0 Å². The Bertz CT molecular complexity index is 1340. The topological polar surface area (TPSA) is 107 Å². The van der Waals surface area contributed by atoms with Crippen LogP contribution >= 0.6 is 11.6 Å². The molecule has 3 aromatic rings. The van der Waals surface area contributed by atoms with E-state index in [1.165, 1.54) is 0 Å². The van der Waals surface area contributed by atoms with Crippen molar-refractivity contribution in [2.75, 3.05) is 22.1 Å². The molecule has 1 fully saturated rings. The van der Waals surface area contributed by atoms with Gasteiger partial charge in [-0.25, -0.2) is 4.79 Å². The summed E-state index contributed by atoms with van der Waals surface area (Å²) in [4.78, 5) is 27.5. The standard InChI is InChI=1S/C30H34ClN5O3/c1-30(2,3)39-29(38)33-19-20-9-7-12-22(17-20)34-27(21-10-5-4-6-11-21)28(37)35-23-14-15-25(24(31)18-23)36-16-8-13-26(36)32/h4-7,9-12,14-15,17-18,27,32,34H,8,13,16,19H2,1-3H3,(H,33,38)(H,35,37). The summed E-state index contributed by atoms with van der Waals surface area (Å²) in [5.74, 6) is 0.293. The van der Waals surface area contributed by atoms with Crippen molar-refractivity contribution in [3.05, 3.63) is 88.9 Å². The van der Waals surface area contributed by atoms with E-state index in [4.69, 9.17) is 21.7 Å². The summed E-state index contributed by atoms with van der Waals surface area (Å²) >= 11 is 6.55. The predicted octanol–water partition coefficient (Wildman–Crippen LogP) is 6.73.